The molecule has 1 aliphatic rings. The van der Waals surface area contributed by atoms with Crippen molar-refractivity contribution in [3.8, 4) is 0 Å². The molecular formula is C12H20N4O. The number of likely N-dealkylation sites (tertiary alicyclic amines) is 1. The quantitative estimate of drug-likeness (QED) is 0.282. The zero-order valence-electron chi connectivity index (χ0n) is 9.93. The van der Waals surface area contributed by atoms with Gasteiger partial charge < -0.3 is 10.6 Å². The van der Waals surface area contributed by atoms with Crippen LogP contribution < -0.4 is 17.0 Å². The van der Waals surface area contributed by atoms with Gasteiger partial charge in [-0.25, -0.2) is 5.84 Å². The van der Waals surface area contributed by atoms with E-state index in [1.807, 2.05) is 18.2 Å². The molecule has 1 aliphatic heterocycles. The second-order valence-corrected chi connectivity index (χ2v) is 3.98. The first-order valence-corrected chi connectivity index (χ1v) is 5.69. The maximum absolute atomic E-state index is 11.3. The van der Waals surface area contributed by atoms with Gasteiger partial charge in [0.2, 0.25) is 5.91 Å². The molecule has 1 amide bonds. The van der Waals surface area contributed by atoms with E-state index in [9.17, 15) is 4.79 Å². The number of carbonyl (C=O) groups excluding carboxylic acids is 1. The van der Waals surface area contributed by atoms with Crippen molar-refractivity contribution in [2.24, 2.45) is 17.5 Å². The van der Waals surface area contributed by atoms with Crippen LogP contribution in [-0.2, 0) is 4.79 Å². The van der Waals surface area contributed by atoms with E-state index in [-0.39, 0.29) is 11.8 Å². The van der Waals surface area contributed by atoms with E-state index < -0.39 is 0 Å². The van der Waals surface area contributed by atoms with Gasteiger partial charge in [0.25, 0.3) is 0 Å². The Balaban J connectivity index is 2.46. The summed E-state index contributed by atoms with van der Waals surface area (Å²) in [5.74, 6) is 5.75. The Bertz CT molecular complexity index is 327. The number of nitrogens with zero attached hydrogens (tertiary/aromatic N) is 1. The summed E-state index contributed by atoms with van der Waals surface area (Å²) in [5.41, 5.74) is 8.11. The average Bonchev–Trinajstić information content (AvgIpc) is 2.38. The van der Waals surface area contributed by atoms with E-state index in [4.69, 9.17) is 11.6 Å². The van der Waals surface area contributed by atoms with Gasteiger partial charge in [-0.15, -0.1) is 0 Å². The zero-order chi connectivity index (χ0) is 12.7. The molecule has 0 saturated carbocycles. The lowest BCUT2D eigenvalue weighted by Gasteiger charge is -2.32. The smallest absolute Gasteiger partial charge is 0.237 e. The van der Waals surface area contributed by atoms with Crippen molar-refractivity contribution in [3.63, 3.8) is 0 Å². The molecule has 5 N–H and O–H groups in total. The Labute approximate surface area is 102 Å². The van der Waals surface area contributed by atoms with Gasteiger partial charge in [0.1, 0.15) is 0 Å². The standard InChI is InChI=1S/C12H20N4O/c1-2-3-4-5-11(13)16-8-6-10(7-9-16)12(17)15-14/h2-5,10H,1,6-9,13-14H2,(H,15,17)/b4-3-,11-5+. The number of nitrogens with one attached hydrogen (secondary N) is 1. The summed E-state index contributed by atoms with van der Waals surface area (Å²) in [6.45, 7) is 5.14. The lowest BCUT2D eigenvalue weighted by molar-refractivity contribution is -0.126. The molecule has 1 saturated heterocycles. The number of rotatable bonds is 4. The van der Waals surface area contributed by atoms with Crippen LogP contribution >= 0.6 is 0 Å². The Hall–Kier alpha value is -1.75. The van der Waals surface area contributed by atoms with Crippen LogP contribution in [0, 0.1) is 5.92 Å². The molecule has 0 aliphatic carbocycles. The van der Waals surface area contributed by atoms with Crippen LogP contribution in [0.4, 0.5) is 0 Å². The van der Waals surface area contributed by atoms with Crippen LogP contribution in [0.25, 0.3) is 0 Å². The normalized spacial score (nSPS) is 18.4. The number of amides is 1. The lowest BCUT2D eigenvalue weighted by Crippen LogP contribution is -2.43. The number of hydrogen-bond acceptors (Lipinski definition) is 4. The third-order valence-electron chi connectivity index (χ3n) is 2.89. The highest BCUT2D eigenvalue weighted by atomic mass is 16.2. The number of nitrogens with two attached hydrogens (primary N) is 2. The fourth-order valence-electron chi connectivity index (χ4n) is 1.86. The molecule has 1 rings (SSSR count). The molecule has 5 nitrogen and oxygen atoms in total. The number of hydrogen-bond donors (Lipinski definition) is 3. The minimum atomic E-state index is -0.0845. The van der Waals surface area contributed by atoms with Gasteiger partial charge in [-0.1, -0.05) is 24.8 Å². The summed E-state index contributed by atoms with van der Waals surface area (Å²) in [5, 5.41) is 0. The zero-order valence-corrected chi connectivity index (χ0v) is 9.93. The van der Waals surface area contributed by atoms with Crippen molar-refractivity contribution in [1.82, 2.24) is 10.3 Å². The van der Waals surface area contributed by atoms with Gasteiger partial charge in [-0.2, -0.15) is 0 Å². The summed E-state index contributed by atoms with van der Waals surface area (Å²) in [6, 6.07) is 0. The molecule has 94 valence electrons. The van der Waals surface area contributed by atoms with Crippen LogP contribution in [0.1, 0.15) is 12.8 Å². The van der Waals surface area contributed by atoms with Gasteiger partial charge in [0.05, 0.1) is 5.82 Å². The molecule has 1 fully saturated rings. The molecule has 0 unspecified atom stereocenters. The van der Waals surface area contributed by atoms with Crippen LogP contribution in [0.2, 0.25) is 0 Å². The molecule has 0 bridgehead atoms. The van der Waals surface area contributed by atoms with Crippen molar-refractivity contribution in [2.75, 3.05) is 13.1 Å². The van der Waals surface area contributed by atoms with E-state index in [0.717, 1.165) is 31.8 Å². The highest BCUT2D eigenvalue weighted by Gasteiger charge is 2.24. The summed E-state index contributed by atoms with van der Waals surface area (Å²) >= 11 is 0. The average molecular weight is 236 g/mol. The third kappa shape index (κ3) is 3.96. The molecule has 0 radical (unpaired) electrons. The third-order valence-corrected chi connectivity index (χ3v) is 2.89. The Morgan fingerprint density at radius 2 is 2.00 bits per heavy atom. The Kier molecular flexibility index (Phi) is 5.29. The minimum absolute atomic E-state index is 0.00719. The topological polar surface area (TPSA) is 84.4 Å². The molecule has 0 spiro atoms. The van der Waals surface area contributed by atoms with Gasteiger partial charge in [-0.3, -0.25) is 10.2 Å². The summed E-state index contributed by atoms with van der Waals surface area (Å²) in [7, 11) is 0. The Morgan fingerprint density at radius 1 is 1.35 bits per heavy atom. The second-order valence-electron chi connectivity index (χ2n) is 3.98. The van der Waals surface area contributed by atoms with E-state index >= 15 is 0 Å². The van der Waals surface area contributed by atoms with Crippen LogP contribution in [0.15, 0.2) is 36.7 Å². The van der Waals surface area contributed by atoms with Crippen LogP contribution in [0.5, 0.6) is 0 Å². The number of hydrazine groups is 1. The highest BCUT2D eigenvalue weighted by Crippen LogP contribution is 2.18. The summed E-state index contributed by atoms with van der Waals surface area (Å²) in [4.78, 5) is 13.4. The molecule has 1 heterocycles. The summed E-state index contributed by atoms with van der Waals surface area (Å²) in [6.07, 6.45) is 8.76. The molecule has 0 aromatic carbocycles. The first-order valence-electron chi connectivity index (χ1n) is 5.69. The van der Waals surface area contributed by atoms with E-state index in [1.54, 1.807) is 6.08 Å². The molecule has 0 aromatic heterocycles. The first kappa shape index (κ1) is 13.3. The Morgan fingerprint density at radius 3 is 2.53 bits per heavy atom. The van der Waals surface area contributed by atoms with Crippen molar-refractivity contribution >= 4 is 5.91 Å². The maximum Gasteiger partial charge on any atom is 0.237 e. The van der Waals surface area contributed by atoms with Gasteiger partial charge in [0.15, 0.2) is 0 Å². The van der Waals surface area contributed by atoms with E-state index in [2.05, 4.69) is 16.9 Å². The first-order chi connectivity index (χ1) is 8.19. The van der Waals surface area contributed by atoms with E-state index in [0.29, 0.717) is 0 Å². The number of allylic oxidation sites excluding steroid dienone is 4. The largest absolute Gasteiger partial charge is 0.385 e. The predicted molar refractivity (Wildman–Crippen MR) is 68.2 cm³/mol. The minimum Gasteiger partial charge on any atom is -0.385 e. The van der Waals surface area contributed by atoms with Gasteiger partial charge in [0, 0.05) is 19.0 Å². The maximum atomic E-state index is 11.3. The van der Waals surface area contributed by atoms with E-state index in [1.165, 1.54) is 0 Å². The fourth-order valence-corrected chi connectivity index (χ4v) is 1.86. The molecule has 17 heavy (non-hydrogen) atoms. The van der Waals surface area contributed by atoms with Gasteiger partial charge >= 0.3 is 0 Å². The van der Waals surface area contributed by atoms with Crippen molar-refractivity contribution in [1.29, 1.82) is 0 Å². The molecule has 5 heteroatoms. The predicted octanol–water partition coefficient (Wildman–Crippen LogP) is 0.231. The monoisotopic (exact) mass is 236 g/mol. The van der Waals surface area contributed by atoms with Crippen LogP contribution in [-0.4, -0.2) is 23.9 Å². The molecule has 0 aromatic rings. The van der Waals surface area contributed by atoms with Crippen LogP contribution in [0.3, 0.4) is 0 Å². The van der Waals surface area contributed by atoms with Crippen molar-refractivity contribution in [2.45, 2.75) is 12.8 Å². The lowest BCUT2D eigenvalue weighted by atomic mass is 9.96. The highest BCUT2D eigenvalue weighted by molar-refractivity contribution is 5.78. The summed E-state index contributed by atoms with van der Waals surface area (Å²) < 4.78 is 0. The van der Waals surface area contributed by atoms with Gasteiger partial charge in [-0.05, 0) is 18.9 Å². The SMILES string of the molecule is C=C/C=C\C=C(/N)N1CCC(C(=O)NN)CC1. The fraction of sp³-hybridized carbons (Fsp3) is 0.417. The van der Waals surface area contributed by atoms with Crippen molar-refractivity contribution < 1.29 is 4.79 Å². The molecule has 0 atom stereocenters. The number of carbonyl (C=O) groups is 1. The van der Waals surface area contributed by atoms with Crippen molar-refractivity contribution in [3.05, 3.63) is 36.7 Å². The molecular weight excluding hydrogens is 216 g/mol. The number of piperidine rings is 1. The second kappa shape index (κ2) is 6.75.